The number of ketones is 1. The Bertz CT molecular complexity index is 758. The number of benzene rings is 2. The summed E-state index contributed by atoms with van der Waals surface area (Å²) in [7, 11) is -4.83. The SMILES string of the molecule is O=C(c1ccccc1)c1cccc(S(=O)(=O)[O-])c1OCO.[Na+]. The van der Waals surface area contributed by atoms with Crippen LogP contribution in [0.2, 0.25) is 0 Å². The van der Waals surface area contributed by atoms with Crippen LogP contribution in [-0.4, -0.2) is 30.7 Å². The van der Waals surface area contributed by atoms with E-state index in [0.29, 0.717) is 5.56 Å². The molecule has 0 aromatic heterocycles. The third-order valence-corrected chi connectivity index (χ3v) is 3.60. The van der Waals surface area contributed by atoms with Gasteiger partial charge in [0.2, 0.25) is 0 Å². The summed E-state index contributed by atoms with van der Waals surface area (Å²) < 4.78 is 38.4. The van der Waals surface area contributed by atoms with Gasteiger partial charge in [-0.25, -0.2) is 8.42 Å². The van der Waals surface area contributed by atoms with E-state index in [1.807, 2.05) is 0 Å². The zero-order valence-electron chi connectivity index (χ0n) is 11.7. The van der Waals surface area contributed by atoms with Crippen LogP contribution in [-0.2, 0) is 10.1 Å². The number of aliphatic hydroxyl groups is 1. The molecule has 0 atom stereocenters. The number of rotatable bonds is 5. The van der Waals surface area contributed by atoms with Crippen molar-refractivity contribution in [1.29, 1.82) is 0 Å². The molecule has 22 heavy (non-hydrogen) atoms. The van der Waals surface area contributed by atoms with Crippen LogP contribution >= 0.6 is 0 Å². The summed E-state index contributed by atoms with van der Waals surface area (Å²) in [5, 5.41) is 8.86. The minimum absolute atomic E-state index is 0. The van der Waals surface area contributed by atoms with Crippen LogP contribution in [0.25, 0.3) is 0 Å². The predicted octanol–water partition coefficient (Wildman–Crippen LogP) is -1.85. The summed E-state index contributed by atoms with van der Waals surface area (Å²) in [6, 6.07) is 11.7. The van der Waals surface area contributed by atoms with Gasteiger partial charge in [0.05, 0.1) is 10.5 Å². The molecular weight excluding hydrogens is 319 g/mol. The van der Waals surface area contributed by atoms with Crippen molar-refractivity contribution in [2.24, 2.45) is 0 Å². The Morgan fingerprint density at radius 2 is 1.73 bits per heavy atom. The fourth-order valence-corrected chi connectivity index (χ4v) is 2.49. The van der Waals surface area contributed by atoms with Gasteiger partial charge in [-0.15, -0.1) is 0 Å². The van der Waals surface area contributed by atoms with Gasteiger partial charge in [0, 0.05) is 5.56 Å². The number of hydrogen-bond donors (Lipinski definition) is 1. The largest absolute Gasteiger partial charge is 1.00 e. The monoisotopic (exact) mass is 330 g/mol. The molecule has 1 N–H and O–H groups in total. The molecule has 0 spiro atoms. The van der Waals surface area contributed by atoms with E-state index in [4.69, 9.17) is 9.84 Å². The van der Waals surface area contributed by atoms with Crippen LogP contribution in [0, 0.1) is 0 Å². The zero-order chi connectivity index (χ0) is 15.5. The number of hydrogen-bond acceptors (Lipinski definition) is 6. The first-order valence-corrected chi connectivity index (χ1v) is 7.28. The normalized spacial score (nSPS) is 10.6. The Hall–Kier alpha value is -1.22. The molecule has 0 fully saturated rings. The quantitative estimate of drug-likeness (QED) is 0.299. The van der Waals surface area contributed by atoms with Crippen molar-refractivity contribution in [3.8, 4) is 5.75 Å². The van der Waals surface area contributed by atoms with Gasteiger partial charge in [0.1, 0.15) is 10.1 Å². The van der Waals surface area contributed by atoms with E-state index < -0.39 is 33.3 Å². The number of ether oxygens (including phenoxy) is 1. The van der Waals surface area contributed by atoms with E-state index in [0.717, 1.165) is 6.07 Å². The van der Waals surface area contributed by atoms with Crippen molar-refractivity contribution in [3.05, 3.63) is 59.7 Å². The maximum atomic E-state index is 12.4. The average molecular weight is 330 g/mol. The predicted molar refractivity (Wildman–Crippen MR) is 72.0 cm³/mol. The molecule has 2 rings (SSSR count). The van der Waals surface area contributed by atoms with Gasteiger partial charge >= 0.3 is 29.6 Å². The van der Waals surface area contributed by atoms with Gasteiger partial charge in [-0.1, -0.05) is 36.4 Å². The minimum atomic E-state index is -4.83. The Labute approximate surface area is 149 Å². The maximum Gasteiger partial charge on any atom is 1.00 e. The fourth-order valence-electron chi connectivity index (χ4n) is 1.85. The molecule has 6 nitrogen and oxygen atoms in total. The van der Waals surface area contributed by atoms with Crippen LogP contribution in [0.1, 0.15) is 15.9 Å². The molecule has 0 aliphatic rings. The Kier molecular flexibility index (Phi) is 6.73. The van der Waals surface area contributed by atoms with Gasteiger partial charge in [0.25, 0.3) is 0 Å². The minimum Gasteiger partial charge on any atom is -0.744 e. The van der Waals surface area contributed by atoms with E-state index in [2.05, 4.69) is 0 Å². The third-order valence-electron chi connectivity index (χ3n) is 2.74. The topological polar surface area (TPSA) is 104 Å². The van der Waals surface area contributed by atoms with Crippen LogP contribution in [0.3, 0.4) is 0 Å². The van der Waals surface area contributed by atoms with Crippen molar-refractivity contribution in [2.75, 3.05) is 6.79 Å². The van der Waals surface area contributed by atoms with Crippen molar-refractivity contribution in [1.82, 2.24) is 0 Å². The van der Waals surface area contributed by atoms with Gasteiger partial charge in [-0.05, 0) is 12.1 Å². The Morgan fingerprint density at radius 3 is 2.27 bits per heavy atom. The second-order valence-electron chi connectivity index (χ2n) is 4.06. The van der Waals surface area contributed by atoms with Gasteiger partial charge in [0.15, 0.2) is 18.3 Å². The molecule has 0 unspecified atom stereocenters. The summed E-state index contributed by atoms with van der Waals surface area (Å²) in [4.78, 5) is 11.7. The first-order chi connectivity index (χ1) is 9.95. The van der Waals surface area contributed by atoms with E-state index in [-0.39, 0.29) is 35.1 Å². The van der Waals surface area contributed by atoms with Crippen molar-refractivity contribution < 1.29 is 57.2 Å². The molecule has 110 valence electrons. The molecule has 0 bridgehead atoms. The third kappa shape index (κ3) is 4.16. The molecule has 0 saturated heterocycles. The van der Waals surface area contributed by atoms with Crippen molar-refractivity contribution in [3.63, 3.8) is 0 Å². The molecule has 8 heteroatoms. The van der Waals surface area contributed by atoms with Crippen LogP contribution in [0.4, 0.5) is 0 Å². The van der Waals surface area contributed by atoms with Crippen LogP contribution in [0.15, 0.2) is 53.4 Å². The zero-order valence-corrected chi connectivity index (χ0v) is 14.5. The molecule has 0 aliphatic carbocycles. The molecule has 0 saturated carbocycles. The van der Waals surface area contributed by atoms with E-state index >= 15 is 0 Å². The van der Waals surface area contributed by atoms with Gasteiger partial charge in [-0.3, -0.25) is 4.79 Å². The smallest absolute Gasteiger partial charge is 0.744 e. The first kappa shape index (κ1) is 18.8. The number of para-hydroxylation sites is 1. The van der Waals surface area contributed by atoms with E-state index in [1.165, 1.54) is 12.1 Å². The molecule has 2 aromatic rings. The molecule has 0 heterocycles. The second kappa shape index (κ2) is 7.87. The Morgan fingerprint density at radius 1 is 1.09 bits per heavy atom. The maximum absolute atomic E-state index is 12.4. The van der Waals surface area contributed by atoms with Gasteiger partial charge < -0.3 is 14.4 Å². The van der Waals surface area contributed by atoms with Crippen LogP contribution in [0.5, 0.6) is 5.75 Å². The molecule has 2 aromatic carbocycles. The average Bonchev–Trinajstić information content (AvgIpc) is 2.47. The van der Waals surface area contributed by atoms with Gasteiger partial charge in [-0.2, -0.15) is 0 Å². The number of aliphatic hydroxyl groups excluding tert-OH is 1. The van der Waals surface area contributed by atoms with Crippen LogP contribution < -0.4 is 34.3 Å². The second-order valence-corrected chi connectivity index (χ2v) is 5.40. The summed E-state index contributed by atoms with van der Waals surface area (Å²) in [5.41, 5.74) is 0.202. The molecular formula is C14H11NaO6S. The van der Waals surface area contributed by atoms with Crippen molar-refractivity contribution >= 4 is 15.9 Å². The number of carbonyl (C=O) groups is 1. The Balaban J connectivity index is 0.00000242. The molecule has 0 radical (unpaired) electrons. The van der Waals surface area contributed by atoms with E-state index in [9.17, 15) is 17.8 Å². The standard InChI is InChI=1S/C14H12O6S.Na/c15-9-20-14-11(7-4-8-12(14)21(17,18)19)13(16)10-5-2-1-3-6-10;/h1-8,15H,9H2,(H,17,18,19);/q;+1/p-1. The molecule has 0 aliphatic heterocycles. The van der Waals surface area contributed by atoms with E-state index in [1.54, 1.807) is 30.3 Å². The summed E-state index contributed by atoms with van der Waals surface area (Å²) >= 11 is 0. The summed E-state index contributed by atoms with van der Waals surface area (Å²) in [6.45, 7) is -0.860. The summed E-state index contributed by atoms with van der Waals surface area (Å²) in [6.07, 6.45) is 0. The molecule has 0 amide bonds. The first-order valence-electron chi connectivity index (χ1n) is 5.87. The van der Waals surface area contributed by atoms with Crippen molar-refractivity contribution in [2.45, 2.75) is 4.90 Å². The number of carbonyl (C=O) groups excluding carboxylic acids is 1. The summed E-state index contributed by atoms with van der Waals surface area (Å²) in [5.74, 6) is -0.951. The fraction of sp³-hybridized carbons (Fsp3) is 0.0714.